The molecule has 0 spiro atoms. The van der Waals surface area contributed by atoms with Crippen LogP contribution < -0.4 is 16.1 Å². The van der Waals surface area contributed by atoms with Crippen molar-refractivity contribution < 1.29 is 19.1 Å². The molecule has 2 fully saturated rings. The van der Waals surface area contributed by atoms with Crippen molar-refractivity contribution in [3.8, 4) is 0 Å². The van der Waals surface area contributed by atoms with Crippen molar-refractivity contribution in [2.24, 2.45) is 0 Å². The third kappa shape index (κ3) is 7.17. The fourth-order valence-electron chi connectivity index (χ4n) is 4.46. The lowest BCUT2D eigenvalue weighted by Crippen LogP contribution is -2.40. The zero-order valence-corrected chi connectivity index (χ0v) is 19.2. The van der Waals surface area contributed by atoms with Crippen molar-refractivity contribution in [2.45, 2.75) is 82.9 Å². The van der Waals surface area contributed by atoms with E-state index in [-0.39, 0.29) is 23.3 Å². The Kier molecular flexibility index (Phi) is 9.74. The number of hydrogen-bond acceptors (Lipinski definition) is 5. The molecular formula is C24H37N3O5. The van der Waals surface area contributed by atoms with E-state index in [2.05, 4.69) is 10.6 Å². The van der Waals surface area contributed by atoms with Crippen molar-refractivity contribution in [1.29, 1.82) is 0 Å². The average molecular weight is 448 g/mol. The number of nitrogens with zero attached hydrogens (tertiary/aromatic N) is 1. The minimum Gasteiger partial charge on any atom is -0.385 e. The van der Waals surface area contributed by atoms with Crippen LogP contribution in [0.4, 0.5) is 0 Å². The second-order valence-corrected chi connectivity index (χ2v) is 8.86. The van der Waals surface area contributed by atoms with Gasteiger partial charge in [-0.05, 0) is 32.1 Å². The van der Waals surface area contributed by atoms with E-state index in [1.165, 1.54) is 19.3 Å². The van der Waals surface area contributed by atoms with Gasteiger partial charge in [-0.25, -0.2) is 0 Å². The van der Waals surface area contributed by atoms with Crippen molar-refractivity contribution in [1.82, 2.24) is 15.2 Å². The monoisotopic (exact) mass is 447 g/mol. The Bertz CT molecular complexity index is 808. The SMILES string of the molecule is COCCCNC(=O)c1cn(C[C@H]2CCCO2)cc(C(=O)NC2CCCCCCC2)c1=O. The maximum absolute atomic E-state index is 13.1. The molecule has 0 aromatic carbocycles. The molecule has 0 radical (unpaired) electrons. The molecule has 3 rings (SSSR count). The zero-order valence-electron chi connectivity index (χ0n) is 19.2. The van der Waals surface area contributed by atoms with Crippen molar-refractivity contribution in [3.63, 3.8) is 0 Å². The van der Waals surface area contributed by atoms with Gasteiger partial charge in [-0.2, -0.15) is 0 Å². The molecule has 2 amide bonds. The van der Waals surface area contributed by atoms with Gasteiger partial charge in [0, 0.05) is 51.8 Å². The Morgan fingerprint density at radius 3 is 2.38 bits per heavy atom. The smallest absolute Gasteiger partial charge is 0.256 e. The minimum atomic E-state index is -0.527. The lowest BCUT2D eigenvalue weighted by atomic mass is 9.96. The van der Waals surface area contributed by atoms with Crippen LogP contribution in [-0.2, 0) is 16.0 Å². The number of ether oxygens (including phenoxy) is 2. The van der Waals surface area contributed by atoms with E-state index in [0.29, 0.717) is 32.7 Å². The van der Waals surface area contributed by atoms with Crippen molar-refractivity contribution >= 4 is 11.8 Å². The molecule has 1 aromatic rings. The Labute approximate surface area is 190 Å². The normalized spacial score (nSPS) is 19.8. The van der Waals surface area contributed by atoms with Crippen LogP contribution >= 0.6 is 0 Å². The molecule has 2 aliphatic rings. The first-order valence-corrected chi connectivity index (χ1v) is 12.0. The number of amides is 2. The molecule has 8 nitrogen and oxygen atoms in total. The van der Waals surface area contributed by atoms with Gasteiger partial charge < -0.3 is 24.7 Å². The number of methoxy groups -OCH3 is 1. The number of nitrogens with one attached hydrogen (secondary N) is 2. The number of hydrogen-bond donors (Lipinski definition) is 2. The summed E-state index contributed by atoms with van der Waals surface area (Å²) < 4.78 is 12.5. The average Bonchev–Trinajstić information content (AvgIpc) is 3.27. The van der Waals surface area contributed by atoms with E-state index >= 15 is 0 Å². The summed E-state index contributed by atoms with van der Waals surface area (Å²) in [5.74, 6) is -0.858. The van der Waals surface area contributed by atoms with Crippen LogP contribution in [-0.4, -0.2) is 55.4 Å². The van der Waals surface area contributed by atoms with Gasteiger partial charge in [0.05, 0.1) is 6.10 Å². The molecule has 1 aromatic heterocycles. The van der Waals surface area contributed by atoms with Gasteiger partial charge in [0.25, 0.3) is 11.8 Å². The summed E-state index contributed by atoms with van der Waals surface area (Å²) in [4.78, 5) is 38.9. The first kappa shape index (κ1) is 24.5. The van der Waals surface area contributed by atoms with Gasteiger partial charge in [0.15, 0.2) is 0 Å². The van der Waals surface area contributed by atoms with Crippen LogP contribution in [0.5, 0.6) is 0 Å². The molecule has 1 aliphatic carbocycles. The summed E-state index contributed by atoms with van der Waals surface area (Å²) in [5.41, 5.74) is -0.512. The molecule has 2 heterocycles. The van der Waals surface area contributed by atoms with E-state index in [9.17, 15) is 14.4 Å². The highest BCUT2D eigenvalue weighted by molar-refractivity contribution is 5.99. The van der Waals surface area contributed by atoms with E-state index in [1.54, 1.807) is 24.1 Å². The fourth-order valence-corrected chi connectivity index (χ4v) is 4.46. The lowest BCUT2D eigenvalue weighted by Gasteiger charge is -2.21. The second-order valence-electron chi connectivity index (χ2n) is 8.86. The first-order valence-electron chi connectivity index (χ1n) is 12.0. The van der Waals surface area contributed by atoms with Crippen molar-refractivity contribution in [3.05, 3.63) is 33.7 Å². The molecular weight excluding hydrogens is 410 g/mol. The standard InChI is InChI=1S/C24H37N3O5/c1-31-13-8-12-25-23(29)20-16-27(15-19-11-7-14-32-19)17-21(22(20)28)24(30)26-18-9-5-3-2-4-6-10-18/h16-19H,2-15H2,1H3,(H,25,29)(H,26,30)/t19-/m1/s1. The van der Waals surface area contributed by atoms with Crippen molar-refractivity contribution in [2.75, 3.05) is 26.9 Å². The number of rotatable bonds is 9. The highest BCUT2D eigenvalue weighted by atomic mass is 16.5. The van der Waals surface area contributed by atoms with Gasteiger partial charge in [-0.15, -0.1) is 0 Å². The van der Waals surface area contributed by atoms with Gasteiger partial charge in [0.1, 0.15) is 11.1 Å². The first-order chi connectivity index (χ1) is 15.6. The second kappa shape index (κ2) is 12.7. The van der Waals surface area contributed by atoms with E-state index in [1.807, 2.05) is 0 Å². The quantitative estimate of drug-likeness (QED) is 0.567. The summed E-state index contributed by atoms with van der Waals surface area (Å²) in [6.45, 7) is 2.14. The summed E-state index contributed by atoms with van der Waals surface area (Å²) >= 11 is 0. The maximum Gasteiger partial charge on any atom is 0.256 e. The molecule has 1 saturated heterocycles. The number of carbonyl (C=O) groups is 2. The highest BCUT2D eigenvalue weighted by Crippen LogP contribution is 2.18. The molecule has 1 aliphatic heterocycles. The van der Waals surface area contributed by atoms with Crippen LogP contribution in [0.3, 0.4) is 0 Å². The van der Waals surface area contributed by atoms with Crippen LogP contribution in [0.2, 0.25) is 0 Å². The molecule has 0 bridgehead atoms. The van der Waals surface area contributed by atoms with Gasteiger partial charge in [0.2, 0.25) is 5.43 Å². The van der Waals surface area contributed by atoms with Gasteiger partial charge in [-0.1, -0.05) is 32.1 Å². The Hall–Kier alpha value is -2.19. The van der Waals surface area contributed by atoms with Crippen LogP contribution in [0.1, 0.15) is 84.9 Å². The topological polar surface area (TPSA) is 98.7 Å². The van der Waals surface area contributed by atoms with E-state index in [4.69, 9.17) is 9.47 Å². The lowest BCUT2D eigenvalue weighted by molar-refractivity contribution is 0.0914. The Morgan fingerprint density at radius 1 is 1.03 bits per heavy atom. The molecule has 2 N–H and O–H groups in total. The molecule has 1 atom stereocenters. The third-order valence-electron chi connectivity index (χ3n) is 6.26. The number of pyridine rings is 1. The highest BCUT2D eigenvalue weighted by Gasteiger charge is 2.23. The third-order valence-corrected chi connectivity index (χ3v) is 6.26. The van der Waals surface area contributed by atoms with Gasteiger partial charge >= 0.3 is 0 Å². The summed E-state index contributed by atoms with van der Waals surface area (Å²) in [6, 6.07) is 0.0698. The van der Waals surface area contributed by atoms with Crippen LogP contribution in [0.25, 0.3) is 0 Å². The molecule has 8 heteroatoms. The zero-order chi connectivity index (χ0) is 22.8. The molecule has 178 valence electrons. The number of carbonyl (C=O) groups excluding carboxylic acids is 2. The molecule has 1 saturated carbocycles. The minimum absolute atomic E-state index is 0.00858. The Balaban J connectivity index is 1.79. The fraction of sp³-hybridized carbons (Fsp3) is 0.708. The molecule has 0 unspecified atom stereocenters. The van der Waals surface area contributed by atoms with E-state index in [0.717, 1.165) is 38.5 Å². The summed E-state index contributed by atoms with van der Waals surface area (Å²) in [7, 11) is 1.60. The summed E-state index contributed by atoms with van der Waals surface area (Å²) in [6.07, 6.45) is 13.3. The molecule has 32 heavy (non-hydrogen) atoms. The maximum atomic E-state index is 13.1. The number of aromatic nitrogens is 1. The largest absolute Gasteiger partial charge is 0.385 e. The summed E-state index contributed by atoms with van der Waals surface area (Å²) in [5, 5.41) is 5.82. The predicted octanol–water partition coefficient (Wildman–Crippen LogP) is 2.64. The van der Waals surface area contributed by atoms with Gasteiger partial charge in [-0.3, -0.25) is 14.4 Å². The predicted molar refractivity (Wildman–Crippen MR) is 122 cm³/mol. The van der Waals surface area contributed by atoms with Crippen LogP contribution in [0.15, 0.2) is 17.2 Å². The van der Waals surface area contributed by atoms with Crippen LogP contribution in [0, 0.1) is 0 Å². The van der Waals surface area contributed by atoms with E-state index < -0.39 is 17.2 Å². The Morgan fingerprint density at radius 2 is 1.72 bits per heavy atom.